The number of rotatable bonds is 7. The Balaban J connectivity index is 1.83. The van der Waals surface area contributed by atoms with Crippen molar-refractivity contribution in [2.75, 3.05) is 5.32 Å². The summed E-state index contributed by atoms with van der Waals surface area (Å²) < 4.78 is 0. The number of pyridine rings is 1. The van der Waals surface area contributed by atoms with Gasteiger partial charge in [0.15, 0.2) is 0 Å². The number of nitriles is 1. The number of carboxylic acid groups (broad SMARTS) is 1. The van der Waals surface area contributed by atoms with E-state index in [4.69, 9.17) is 16.7 Å². The highest BCUT2D eigenvalue weighted by Crippen LogP contribution is 2.30. The van der Waals surface area contributed by atoms with Gasteiger partial charge in [0, 0.05) is 16.3 Å². The molecule has 31 heavy (non-hydrogen) atoms. The van der Waals surface area contributed by atoms with E-state index in [-0.39, 0.29) is 11.5 Å². The molecule has 0 fully saturated rings. The van der Waals surface area contributed by atoms with Crippen molar-refractivity contribution in [1.82, 2.24) is 4.98 Å². The monoisotopic (exact) mass is 451 g/mol. The van der Waals surface area contributed by atoms with E-state index in [9.17, 15) is 14.9 Å². The molecule has 1 heterocycles. The second kappa shape index (κ2) is 10.1. The molecule has 6 nitrogen and oxygen atoms in total. The number of aromatic nitrogens is 1. The second-order valence-electron chi connectivity index (χ2n) is 6.56. The number of nitrogens with one attached hydrogen (secondary N) is 1. The molecule has 0 bridgehead atoms. The Morgan fingerprint density at radius 1 is 1.19 bits per heavy atom. The first-order valence-electron chi connectivity index (χ1n) is 9.39. The Bertz CT molecular complexity index is 1160. The van der Waals surface area contributed by atoms with Gasteiger partial charge in [-0.15, -0.1) is 0 Å². The quantitative estimate of drug-likeness (QED) is 0.461. The Morgan fingerprint density at radius 2 is 1.94 bits per heavy atom. The summed E-state index contributed by atoms with van der Waals surface area (Å²) in [5.41, 5.74) is 2.37. The maximum Gasteiger partial charge on any atom is 0.335 e. The topological polar surface area (TPSA) is 103 Å². The van der Waals surface area contributed by atoms with E-state index >= 15 is 0 Å². The molecule has 1 aromatic heterocycles. The second-order valence-corrected chi connectivity index (χ2v) is 8.19. The standard InChI is InChI=1S/C23H18ClN3O3S/c1-2-20(21(28)26-18-5-3-4-15(12-18)23(29)30)31-22-16(13-25)8-11-19(27-22)14-6-9-17(24)10-7-14/h3-12,20H,2H2,1H3,(H,26,28)(H,29,30). The van der Waals surface area contributed by atoms with Crippen LogP contribution in [-0.4, -0.2) is 27.2 Å². The summed E-state index contributed by atoms with van der Waals surface area (Å²) in [6.07, 6.45) is 0.493. The zero-order chi connectivity index (χ0) is 22.4. The Morgan fingerprint density at radius 3 is 2.58 bits per heavy atom. The number of thioether (sulfide) groups is 1. The molecule has 0 radical (unpaired) electrons. The molecule has 2 N–H and O–H groups in total. The molecule has 0 saturated carbocycles. The molecule has 0 aliphatic carbocycles. The van der Waals surface area contributed by atoms with Crippen molar-refractivity contribution in [3.05, 3.63) is 76.8 Å². The average molecular weight is 452 g/mol. The number of hydrogen-bond donors (Lipinski definition) is 2. The molecule has 0 aliphatic heterocycles. The normalized spacial score (nSPS) is 11.4. The zero-order valence-electron chi connectivity index (χ0n) is 16.5. The summed E-state index contributed by atoms with van der Waals surface area (Å²) >= 11 is 7.15. The van der Waals surface area contributed by atoms with Crippen LogP contribution >= 0.6 is 23.4 Å². The van der Waals surface area contributed by atoms with Gasteiger partial charge in [-0.05, 0) is 48.9 Å². The summed E-state index contributed by atoms with van der Waals surface area (Å²) in [7, 11) is 0. The summed E-state index contributed by atoms with van der Waals surface area (Å²) in [5, 5.41) is 21.9. The van der Waals surface area contributed by atoms with E-state index in [0.29, 0.717) is 33.4 Å². The fourth-order valence-corrected chi connectivity index (χ4v) is 3.93. The van der Waals surface area contributed by atoms with Crippen molar-refractivity contribution in [2.45, 2.75) is 23.6 Å². The minimum Gasteiger partial charge on any atom is -0.478 e. The third-order valence-corrected chi connectivity index (χ3v) is 6.03. The molecular weight excluding hydrogens is 434 g/mol. The molecule has 3 aromatic rings. The van der Waals surface area contributed by atoms with Crippen LogP contribution in [0.15, 0.2) is 65.7 Å². The van der Waals surface area contributed by atoms with Crippen LogP contribution in [-0.2, 0) is 4.79 Å². The predicted molar refractivity (Wildman–Crippen MR) is 121 cm³/mol. The van der Waals surface area contributed by atoms with Crippen LogP contribution in [0.5, 0.6) is 0 Å². The molecule has 0 spiro atoms. The third kappa shape index (κ3) is 5.63. The molecule has 0 aliphatic rings. The summed E-state index contributed by atoms with van der Waals surface area (Å²) in [6, 6.07) is 18.8. The van der Waals surface area contributed by atoms with Crippen molar-refractivity contribution in [3.63, 3.8) is 0 Å². The van der Waals surface area contributed by atoms with Crippen LogP contribution in [0.25, 0.3) is 11.3 Å². The molecule has 8 heteroatoms. The summed E-state index contributed by atoms with van der Waals surface area (Å²) in [5.74, 6) is -1.36. The Hall–Kier alpha value is -3.34. The molecule has 1 amide bonds. The van der Waals surface area contributed by atoms with Crippen LogP contribution in [0.3, 0.4) is 0 Å². The summed E-state index contributed by atoms with van der Waals surface area (Å²) in [4.78, 5) is 28.6. The minimum absolute atomic E-state index is 0.0857. The van der Waals surface area contributed by atoms with Crippen LogP contribution < -0.4 is 5.32 Å². The van der Waals surface area contributed by atoms with Gasteiger partial charge >= 0.3 is 5.97 Å². The Labute approximate surface area is 188 Å². The van der Waals surface area contributed by atoms with Gasteiger partial charge in [-0.2, -0.15) is 5.26 Å². The van der Waals surface area contributed by atoms with E-state index < -0.39 is 11.2 Å². The fourth-order valence-electron chi connectivity index (χ4n) is 2.81. The first-order chi connectivity index (χ1) is 14.9. The molecule has 2 aromatic carbocycles. The van der Waals surface area contributed by atoms with Gasteiger partial charge in [0.2, 0.25) is 5.91 Å². The fraction of sp³-hybridized carbons (Fsp3) is 0.130. The van der Waals surface area contributed by atoms with E-state index in [1.807, 2.05) is 19.1 Å². The van der Waals surface area contributed by atoms with Gasteiger partial charge < -0.3 is 10.4 Å². The lowest BCUT2D eigenvalue weighted by atomic mass is 10.1. The van der Waals surface area contributed by atoms with Crippen molar-refractivity contribution < 1.29 is 14.7 Å². The van der Waals surface area contributed by atoms with Crippen LogP contribution in [0.4, 0.5) is 5.69 Å². The summed E-state index contributed by atoms with van der Waals surface area (Å²) in [6.45, 7) is 1.86. The number of aromatic carboxylic acids is 1. The van der Waals surface area contributed by atoms with E-state index in [1.54, 1.807) is 36.4 Å². The van der Waals surface area contributed by atoms with Gasteiger partial charge in [-0.3, -0.25) is 4.79 Å². The van der Waals surface area contributed by atoms with Crippen LogP contribution in [0.2, 0.25) is 5.02 Å². The first-order valence-corrected chi connectivity index (χ1v) is 10.6. The first kappa shape index (κ1) is 22.3. The SMILES string of the molecule is CCC(Sc1nc(-c2ccc(Cl)cc2)ccc1C#N)C(=O)Nc1cccc(C(=O)O)c1. The van der Waals surface area contributed by atoms with Crippen LogP contribution in [0.1, 0.15) is 29.3 Å². The average Bonchev–Trinajstić information content (AvgIpc) is 2.77. The highest BCUT2D eigenvalue weighted by molar-refractivity contribution is 8.00. The predicted octanol–water partition coefficient (Wildman–Crippen LogP) is 5.48. The third-order valence-electron chi connectivity index (χ3n) is 4.41. The zero-order valence-corrected chi connectivity index (χ0v) is 18.1. The van der Waals surface area contributed by atoms with E-state index in [2.05, 4.69) is 16.4 Å². The lowest BCUT2D eigenvalue weighted by Crippen LogP contribution is -2.25. The van der Waals surface area contributed by atoms with Crippen molar-refractivity contribution in [3.8, 4) is 17.3 Å². The number of halogens is 1. The largest absolute Gasteiger partial charge is 0.478 e. The number of carbonyl (C=O) groups is 2. The molecule has 156 valence electrons. The van der Waals surface area contributed by atoms with Crippen molar-refractivity contribution >= 4 is 40.9 Å². The van der Waals surface area contributed by atoms with Crippen molar-refractivity contribution in [2.24, 2.45) is 0 Å². The van der Waals surface area contributed by atoms with E-state index in [1.165, 1.54) is 23.9 Å². The lowest BCUT2D eigenvalue weighted by molar-refractivity contribution is -0.115. The molecule has 0 saturated heterocycles. The number of anilines is 1. The molecule has 1 unspecified atom stereocenters. The number of hydrogen-bond acceptors (Lipinski definition) is 5. The molecule has 3 rings (SSSR count). The maximum atomic E-state index is 12.8. The van der Waals surface area contributed by atoms with Gasteiger partial charge in [-0.25, -0.2) is 9.78 Å². The van der Waals surface area contributed by atoms with Gasteiger partial charge in [0.05, 0.1) is 22.1 Å². The maximum absolute atomic E-state index is 12.8. The van der Waals surface area contributed by atoms with Crippen LogP contribution in [0, 0.1) is 11.3 Å². The number of carboxylic acids is 1. The smallest absolute Gasteiger partial charge is 0.335 e. The van der Waals surface area contributed by atoms with Gasteiger partial charge in [0.25, 0.3) is 0 Å². The lowest BCUT2D eigenvalue weighted by Gasteiger charge is -2.16. The number of nitrogens with zero attached hydrogens (tertiary/aromatic N) is 2. The molecular formula is C23H18ClN3O3S. The highest BCUT2D eigenvalue weighted by atomic mass is 35.5. The van der Waals surface area contributed by atoms with E-state index in [0.717, 1.165) is 5.56 Å². The number of carbonyl (C=O) groups excluding carboxylic acids is 1. The molecule has 1 atom stereocenters. The van der Waals surface area contributed by atoms with Crippen molar-refractivity contribution in [1.29, 1.82) is 5.26 Å². The minimum atomic E-state index is -1.07. The Kier molecular flexibility index (Phi) is 7.29. The van der Waals surface area contributed by atoms with Gasteiger partial charge in [0.1, 0.15) is 11.1 Å². The highest BCUT2D eigenvalue weighted by Gasteiger charge is 2.21. The number of amides is 1. The number of benzene rings is 2. The van der Waals surface area contributed by atoms with Gasteiger partial charge in [-0.1, -0.05) is 48.5 Å².